The number of hydrogen-bond donors (Lipinski definition) is 1. The first-order chi connectivity index (χ1) is 15.0. The normalized spacial score (nSPS) is 19.7. The van der Waals surface area contributed by atoms with E-state index in [1.54, 1.807) is 6.20 Å². The van der Waals surface area contributed by atoms with Crippen molar-refractivity contribution >= 4 is 17.6 Å². The summed E-state index contributed by atoms with van der Waals surface area (Å²) < 4.78 is 8.52. The number of benzene rings is 1. The van der Waals surface area contributed by atoms with Gasteiger partial charge in [-0.25, -0.2) is 9.78 Å². The van der Waals surface area contributed by atoms with Gasteiger partial charge in [0.2, 0.25) is 0 Å². The van der Waals surface area contributed by atoms with Gasteiger partial charge in [0.15, 0.2) is 6.10 Å². The van der Waals surface area contributed by atoms with E-state index in [0.29, 0.717) is 45.6 Å². The van der Waals surface area contributed by atoms with Crippen molar-refractivity contribution in [1.29, 1.82) is 0 Å². The zero-order valence-corrected chi connectivity index (χ0v) is 18.5. The molecule has 1 fully saturated rings. The number of ether oxygens (including phenoxy) is 1. The number of aromatic nitrogens is 2. The first-order valence-corrected chi connectivity index (χ1v) is 11.1. The van der Waals surface area contributed by atoms with Gasteiger partial charge in [-0.1, -0.05) is 18.2 Å². The first kappa shape index (κ1) is 21.4. The second-order valence-electron chi connectivity index (χ2n) is 8.25. The molecule has 0 radical (unpaired) electrons. The monoisotopic (exact) mass is 425 g/mol. The van der Waals surface area contributed by atoms with Crippen molar-refractivity contribution in [2.75, 3.05) is 31.5 Å². The van der Waals surface area contributed by atoms with Gasteiger partial charge in [-0.2, -0.15) is 0 Å². The Morgan fingerprint density at radius 3 is 2.61 bits per heavy atom. The van der Waals surface area contributed by atoms with E-state index in [1.807, 2.05) is 65.6 Å². The maximum absolute atomic E-state index is 13.0. The third-order valence-corrected chi connectivity index (χ3v) is 6.45. The minimum Gasteiger partial charge on any atom is -0.352 e. The fourth-order valence-corrected chi connectivity index (χ4v) is 4.58. The number of fused-ring (bicyclic) bond motifs is 2. The molecule has 1 spiro atoms. The highest BCUT2D eigenvalue weighted by Gasteiger charge is 2.48. The molecule has 1 saturated heterocycles. The van der Waals surface area contributed by atoms with Gasteiger partial charge in [0.25, 0.3) is 5.91 Å². The number of rotatable bonds is 4. The van der Waals surface area contributed by atoms with E-state index >= 15 is 0 Å². The topological polar surface area (TPSA) is 79.7 Å². The number of imidazole rings is 1. The Balaban J connectivity index is 1.48. The molecular formula is C23H31N5O3. The molecule has 31 heavy (non-hydrogen) atoms. The van der Waals surface area contributed by atoms with Crippen LogP contribution >= 0.6 is 0 Å². The number of aryl methyl sites for hydroxylation is 1. The average molecular weight is 426 g/mol. The van der Waals surface area contributed by atoms with Crippen LogP contribution in [-0.2, 0) is 21.7 Å². The van der Waals surface area contributed by atoms with Crippen LogP contribution in [0.4, 0.5) is 10.5 Å². The molecule has 1 N–H and O–H groups in total. The number of amides is 3. The van der Waals surface area contributed by atoms with E-state index in [0.717, 1.165) is 17.1 Å². The van der Waals surface area contributed by atoms with Gasteiger partial charge in [-0.15, -0.1) is 0 Å². The van der Waals surface area contributed by atoms with Gasteiger partial charge in [0.1, 0.15) is 11.4 Å². The molecule has 0 bridgehead atoms. The van der Waals surface area contributed by atoms with Crippen LogP contribution in [0, 0.1) is 6.92 Å². The van der Waals surface area contributed by atoms with E-state index in [2.05, 4.69) is 10.3 Å². The molecule has 2 aromatic rings. The van der Waals surface area contributed by atoms with Gasteiger partial charge in [-0.3, -0.25) is 4.79 Å². The fraction of sp³-hybridized carbons (Fsp3) is 0.522. The Morgan fingerprint density at radius 2 is 1.94 bits per heavy atom. The lowest BCUT2D eigenvalue weighted by atomic mass is 9.88. The molecule has 166 valence electrons. The Morgan fingerprint density at radius 1 is 1.23 bits per heavy atom. The third-order valence-electron chi connectivity index (χ3n) is 6.45. The molecular weight excluding hydrogens is 394 g/mol. The van der Waals surface area contributed by atoms with E-state index < -0.39 is 11.7 Å². The minimum atomic E-state index is -0.644. The molecule has 0 aliphatic carbocycles. The molecule has 3 amide bonds. The average Bonchev–Trinajstić information content (AvgIpc) is 3.26. The summed E-state index contributed by atoms with van der Waals surface area (Å²) in [6.07, 6.45) is 4.36. The minimum absolute atomic E-state index is 0.0171. The summed E-state index contributed by atoms with van der Waals surface area (Å²) in [5.41, 5.74) is 1.20. The quantitative estimate of drug-likeness (QED) is 0.817. The number of carbonyl (C=O) groups excluding carboxylic acids is 2. The van der Waals surface area contributed by atoms with E-state index in [1.165, 1.54) is 0 Å². The highest BCUT2D eigenvalue weighted by Crippen LogP contribution is 2.40. The van der Waals surface area contributed by atoms with Crippen molar-refractivity contribution in [2.45, 2.75) is 51.9 Å². The van der Waals surface area contributed by atoms with Crippen LogP contribution in [0.2, 0.25) is 0 Å². The summed E-state index contributed by atoms with van der Waals surface area (Å²) in [7, 11) is 0. The Bertz CT molecular complexity index is 944. The SMILES string of the molecule is CCN(CC)C(=O)C1Cn2ccnc2C2(CCN(C(=O)Nc3ccccc3C)CC2)O1. The van der Waals surface area contributed by atoms with Gasteiger partial charge < -0.3 is 24.4 Å². The van der Waals surface area contributed by atoms with Crippen molar-refractivity contribution in [2.24, 2.45) is 0 Å². The first-order valence-electron chi connectivity index (χ1n) is 11.1. The summed E-state index contributed by atoms with van der Waals surface area (Å²) >= 11 is 0. The van der Waals surface area contributed by atoms with E-state index in [-0.39, 0.29) is 11.9 Å². The number of para-hydroxylation sites is 1. The lowest BCUT2D eigenvalue weighted by molar-refractivity contribution is -0.179. The molecule has 4 rings (SSSR count). The van der Waals surface area contributed by atoms with Crippen LogP contribution in [0.5, 0.6) is 0 Å². The molecule has 1 aromatic carbocycles. The number of piperidine rings is 1. The number of likely N-dealkylation sites (tertiary alicyclic amines) is 1. The van der Waals surface area contributed by atoms with Crippen LogP contribution in [0.25, 0.3) is 0 Å². The third kappa shape index (κ3) is 4.04. The molecule has 2 aliphatic rings. The molecule has 8 nitrogen and oxygen atoms in total. The van der Waals surface area contributed by atoms with Crippen molar-refractivity contribution in [1.82, 2.24) is 19.4 Å². The highest BCUT2D eigenvalue weighted by atomic mass is 16.5. The lowest BCUT2D eigenvalue weighted by Crippen LogP contribution is -2.55. The summed E-state index contributed by atoms with van der Waals surface area (Å²) in [6, 6.07) is 7.64. The smallest absolute Gasteiger partial charge is 0.321 e. The predicted molar refractivity (Wildman–Crippen MR) is 118 cm³/mol. The largest absolute Gasteiger partial charge is 0.352 e. The van der Waals surface area contributed by atoms with E-state index in [9.17, 15) is 9.59 Å². The highest BCUT2D eigenvalue weighted by molar-refractivity contribution is 5.90. The maximum atomic E-state index is 13.0. The number of hydrogen-bond acceptors (Lipinski definition) is 4. The second kappa shape index (κ2) is 8.70. The Hall–Kier alpha value is -2.87. The van der Waals surface area contributed by atoms with Gasteiger partial charge in [-0.05, 0) is 32.4 Å². The van der Waals surface area contributed by atoms with Crippen molar-refractivity contribution in [3.8, 4) is 0 Å². The molecule has 1 aromatic heterocycles. The summed E-state index contributed by atoms with van der Waals surface area (Å²) in [5, 5.41) is 3.01. The van der Waals surface area contributed by atoms with E-state index in [4.69, 9.17) is 4.74 Å². The standard InChI is InChI=1S/C23H31N5O3/c1-4-26(5-2)20(29)19-16-28-15-12-24-21(28)23(31-19)10-13-27(14-11-23)22(30)25-18-9-7-6-8-17(18)3/h6-9,12,15,19H,4-5,10-11,13-14,16H2,1-3H3,(H,25,30). The van der Waals surface area contributed by atoms with Crippen LogP contribution < -0.4 is 5.32 Å². The summed E-state index contributed by atoms with van der Waals surface area (Å²) in [4.78, 5) is 34.0. The zero-order valence-electron chi connectivity index (χ0n) is 18.5. The Labute approximate surface area is 183 Å². The molecule has 2 aliphatic heterocycles. The zero-order chi connectivity index (χ0) is 22.0. The van der Waals surface area contributed by atoms with Crippen molar-refractivity contribution in [3.63, 3.8) is 0 Å². The van der Waals surface area contributed by atoms with Crippen LogP contribution in [0.1, 0.15) is 38.1 Å². The molecule has 8 heteroatoms. The van der Waals surface area contributed by atoms with Gasteiger partial charge in [0.05, 0.1) is 6.54 Å². The van der Waals surface area contributed by atoms with Gasteiger partial charge >= 0.3 is 6.03 Å². The maximum Gasteiger partial charge on any atom is 0.321 e. The molecule has 0 saturated carbocycles. The number of anilines is 1. The fourth-order valence-electron chi connectivity index (χ4n) is 4.58. The summed E-state index contributed by atoms with van der Waals surface area (Å²) in [5.74, 6) is 0.874. The number of nitrogens with zero attached hydrogens (tertiary/aromatic N) is 4. The Kier molecular flexibility index (Phi) is 6.00. The summed E-state index contributed by atoms with van der Waals surface area (Å²) in [6.45, 7) is 8.81. The second-order valence-corrected chi connectivity index (χ2v) is 8.25. The number of carbonyl (C=O) groups is 2. The van der Waals surface area contributed by atoms with Gasteiger partial charge in [0, 0.05) is 57.1 Å². The van der Waals surface area contributed by atoms with Crippen LogP contribution in [-0.4, -0.2) is 63.6 Å². The molecule has 1 unspecified atom stereocenters. The number of urea groups is 1. The lowest BCUT2D eigenvalue weighted by Gasteiger charge is -2.46. The van der Waals surface area contributed by atoms with Crippen molar-refractivity contribution in [3.05, 3.63) is 48.0 Å². The molecule has 1 atom stereocenters. The molecule has 3 heterocycles. The van der Waals surface area contributed by atoms with Crippen LogP contribution in [0.3, 0.4) is 0 Å². The number of likely N-dealkylation sites (N-methyl/N-ethyl adjacent to an activating group) is 1. The van der Waals surface area contributed by atoms with Crippen molar-refractivity contribution < 1.29 is 14.3 Å². The number of nitrogens with one attached hydrogen (secondary N) is 1. The van der Waals surface area contributed by atoms with Crippen LogP contribution in [0.15, 0.2) is 36.7 Å². The predicted octanol–water partition coefficient (Wildman–Crippen LogP) is 2.98.